The monoisotopic (exact) mass is 270 g/mol. The molecule has 80 valence electrons. The molecule has 0 heterocycles. The lowest BCUT2D eigenvalue weighted by atomic mass is 10.1. The molecular weight excluding hydrogens is 260 g/mol. The molecule has 0 amide bonds. The number of esters is 1. The molecule has 0 saturated heterocycles. The van der Waals surface area contributed by atoms with E-state index in [9.17, 15) is 9.59 Å². The summed E-state index contributed by atoms with van der Waals surface area (Å²) in [6.07, 6.45) is 0. The first-order valence-electron chi connectivity index (χ1n) is 4.41. The molecular formula is C11H11BrO3. The highest BCUT2D eigenvalue weighted by Gasteiger charge is 2.12. The summed E-state index contributed by atoms with van der Waals surface area (Å²) < 4.78 is 5.76. The summed E-state index contributed by atoms with van der Waals surface area (Å²) in [7, 11) is 0. The van der Waals surface area contributed by atoms with Gasteiger partial charge in [0.1, 0.15) is 5.75 Å². The van der Waals surface area contributed by atoms with Crippen LogP contribution in [0.25, 0.3) is 0 Å². The minimum absolute atomic E-state index is 0.123. The number of halogens is 1. The lowest BCUT2D eigenvalue weighted by Crippen LogP contribution is -2.06. The highest BCUT2D eigenvalue weighted by Crippen LogP contribution is 2.27. The summed E-state index contributed by atoms with van der Waals surface area (Å²) in [6, 6.07) is 3.33. The minimum atomic E-state index is -0.437. The van der Waals surface area contributed by atoms with Gasteiger partial charge >= 0.3 is 5.97 Å². The number of rotatable bonds is 2. The van der Waals surface area contributed by atoms with E-state index in [1.807, 2.05) is 6.92 Å². The Morgan fingerprint density at radius 3 is 2.33 bits per heavy atom. The fourth-order valence-electron chi connectivity index (χ4n) is 1.18. The van der Waals surface area contributed by atoms with Crippen LogP contribution in [0, 0.1) is 6.92 Å². The third-order valence-corrected chi connectivity index (χ3v) is 2.75. The summed E-state index contributed by atoms with van der Waals surface area (Å²) in [5, 5.41) is 0. The number of ketones is 1. The van der Waals surface area contributed by atoms with E-state index in [4.69, 9.17) is 4.74 Å². The molecule has 15 heavy (non-hydrogen) atoms. The van der Waals surface area contributed by atoms with Crippen molar-refractivity contribution in [2.24, 2.45) is 0 Å². The first-order chi connectivity index (χ1) is 6.91. The number of ether oxygens (including phenoxy) is 1. The fourth-order valence-corrected chi connectivity index (χ4v) is 1.50. The quantitative estimate of drug-likeness (QED) is 0.472. The van der Waals surface area contributed by atoms with Crippen molar-refractivity contribution in [3.63, 3.8) is 0 Å². The molecule has 1 aromatic carbocycles. The fraction of sp³-hybridized carbons (Fsp3) is 0.273. The molecule has 0 aliphatic rings. The van der Waals surface area contributed by atoms with Gasteiger partial charge in [-0.1, -0.05) is 15.9 Å². The van der Waals surface area contributed by atoms with Crippen molar-refractivity contribution in [1.29, 1.82) is 0 Å². The van der Waals surface area contributed by atoms with Crippen LogP contribution < -0.4 is 4.74 Å². The van der Waals surface area contributed by atoms with Gasteiger partial charge in [0.25, 0.3) is 0 Å². The topological polar surface area (TPSA) is 43.4 Å². The number of benzene rings is 1. The lowest BCUT2D eigenvalue weighted by molar-refractivity contribution is -0.131. The summed E-state index contributed by atoms with van der Waals surface area (Å²) >= 11 is 3.32. The predicted octanol–water partition coefficient (Wildman–Crippen LogP) is 2.89. The Morgan fingerprint density at radius 2 is 1.87 bits per heavy atom. The van der Waals surface area contributed by atoms with Gasteiger partial charge in [0.15, 0.2) is 5.78 Å². The molecule has 0 aliphatic carbocycles. The Morgan fingerprint density at radius 1 is 1.27 bits per heavy atom. The van der Waals surface area contributed by atoms with E-state index in [-0.39, 0.29) is 5.78 Å². The van der Waals surface area contributed by atoms with Crippen LogP contribution in [0.15, 0.2) is 16.6 Å². The summed E-state index contributed by atoms with van der Waals surface area (Å²) in [6.45, 7) is 4.61. The molecule has 0 aromatic heterocycles. The Balaban J connectivity index is 3.28. The van der Waals surface area contributed by atoms with Gasteiger partial charge in [-0.2, -0.15) is 0 Å². The molecule has 0 radical (unpaired) electrons. The van der Waals surface area contributed by atoms with Crippen LogP contribution in [-0.4, -0.2) is 11.8 Å². The number of carbonyl (C=O) groups excluding carboxylic acids is 2. The molecule has 0 aliphatic heterocycles. The van der Waals surface area contributed by atoms with E-state index in [2.05, 4.69) is 15.9 Å². The molecule has 0 bridgehead atoms. The highest BCUT2D eigenvalue weighted by atomic mass is 79.9. The second kappa shape index (κ2) is 4.57. The van der Waals surface area contributed by atoms with Gasteiger partial charge in [-0.3, -0.25) is 9.59 Å². The highest BCUT2D eigenvalue weighted by molar-refractivity contribution is 9.10. The molecule has 0 saturated carbocycles. The number of hydrogen-bond acceptors (Lipinski definition) is 3. The molecule has 0 N–H and O–H groups in total. The third kappa shape index (κ3) is 2.89. The van der Waals surface area contributed by atoms with Crippen molar-refractivity contribution < 1.29 is 14.3 Å². The third-order valence-electron chi connectivity index (χ3n) is 1.89. The maximum atomic E-state index is 11.3. The number of carbonyl (C=O) groups is 2. The Kier molecular flexibility index (Phi) is 3.63. The van der Waals surface area contributed by atoms with Gasteiger partial charge in [0.05, 0.1) is 5.56 Å². The summed E-state index contributed by atoms with van der Waals surface area (Å²) in [5.41, 5.74) is 1.35. The summed E-state index contributed by atoms with van der Waals surface area (Å²) in [4.78, 5) is 22.1. The predicted molar refractivity (Wildman–Crippen MR) is 60.2 cm³/mol. The van der Waals surface area contributed by atoms with E-state index in [1.165, 1.54) is 13.8 Å². The van der Waals surface area contributed by atoms with Crippen molar-refractivity contribution in [1.82, 2.24) is 0 Å². The zero-order valence-electron chi connectivity index (χ0n) is 8.76. The zero-order chi connectivity index (χ0) is 11.6. The van der Waals surface area contributed by atoms with Gasteiger partial charge < -0.3 is 4.74 Å². The Hall–Kier alpha value is -1.16. The van der Waals surface area contributed by atoms with Crippen LogP contribution in [0.5, 0.6) is 5.75 Å². The molecule has 0 fully saturated rings. The van der Waals surface area contributed by atoms with Crippen molar-refractivity contribution in [3.8, 4) is 5.75 Å². The zero-order valence-corrected chi connectivity index (χ0v) is 10.3. The molecule has 1 rings (SSSR count). The Labute approximate surface area is 96.6 Å². The average Bonchev–Trinajstić information content (AvgIpc) is 2.09. The van der Waals surface area contributed by atoms with Crippen LogP contribution >= 0.6 is 15.9 Å². The van der Waals surface area contributed by atoms with Crippen LogP contribution in [0.3, 0.4) is 0 Å². The normalized spacial score (nSPS) is 9.87. The first kappa shape index (κ1) is 11.9. The largest absolute Gasteiger partial charge is 0.426 e. The maximum Gasteiger partial charge on any atom is 0.308 e. The molecule has 4 heteroatoms. The molecule has 1 aromatic rings. The lowest BCUT2D eigenvalue weighted by Gasteiger charge is -2.08. The van der Waals surface area contributed by atoms with Gasteiger partial charge in [0.2, 0.25) is 0 Å². The van der Waals surface area contributed by atoms with Gasteiger partial charge in [-0.15, -0.1) is 0 Å². The number of hydrogen-bond donors (Lipinski definition) is 0. The first-order valence-corrected chi connectivity index (χ1v) is 5.20. The minimum Gasteiger partial charge on any atom is -0.426 e. The van der Waals surface area contributed by atoms with E-state index < -0.39 is 5.97 Å². The van der Waals surface area contributed by atoms with Crippen LogP contribution in [-0.2, 0) is 4.79 Å². The SMILES string of the molecule is CC(=O)Oc1cc(Br)c(C)cc1C(C)=O. The van der Waals surface area contributed by atoms with Crippen molar-refractivity contribution in [2.75, 3.05) is 0 Å². The number of aryl methyl sites for hydroxylation is 1. The Bertz CT molecular complexity index is 424. The van der Waals surface area contributed by atoms with Gasteiger partial charge in [0, 0.05) is 11.4 Å². The standard InChI is InChI=1S/C11H11BrO3/c1-6-4-9(7(2)13)11(5-10(6)12)15-8(3)14/h4-5H,1-3H3. The van der Waals surface area contributed by atoms with Crippen LogP contribution in [0.4, 0.5) is 0 Å². The van der Waals surface area contributed by atoms with Gasteiger partial charge in [-0.25, -0.2) is 0 Å². The van der Waals surface area contributed by atoms with E-state index in [1.54, 1.807) is 12.1 Å². The molecule has 3 nitrogen and oxygen atoms in total. The van der Waals surface area contributed by atoms with Gasteiger partial charge in [-0.05, 0) is 31.5 Å². The number of Topliss-reactive ketones (excluding diaryl/α,β-unsaturated/α-hetero) is 1. The molecule has 0 spiro atoms. The molecule has 0 unspecified atom stereocenters. The van der Waals surface area contributed by atoms with E-state index in [0.717, 1.165) is 10.0 Å². The second-order valence-corrected chi connectivity index (χ2v) is 4.10. The smallest absolute Gasteiger partial charge is 0.308 e. The van der Waals surface area contributed by atoms with Crippen LogP contribution in [0.1, 0.15) is 29.8 Å². The van der Waals surface area contributed by atoms with Crippen LogP contribution in [0.2, 0.25) is 0 Å². The van der Waals surface area contributed by atoms with Crippen molar-refractivity contribution >= 4 is 27.7 Å². The maximum absolute atomic E-state index is 11.3. The average molecular weight is 271 g/mol. The van der Waals surface area contributed by atoms with Crippen molar-refractivity contribution in [3.05, 3.63) is 27.7 Å². The molecule has 0 atom stereocenters. The summed E-state index contributed by atoms with van der Waals surface area (Å²) in [5.74, 6) is -0.262. The van der Waals surface area contributed by atoms with E-state index >= 15 is 0 Å². The van der Waals surface area contributed by atoms with E-state index in [0.29, 0.717) is 11.3 Å². The van der Waals surface area contributed by atoms with Crippen molar-refractivity contribution in [2.45, 2.75) is 20.8 Å². The second-order valence-electron chi connectivity index (χ2n) is 3.25.